The van der Waals surface area contributed by atoms with Crippen LogP contribution in [-0.4, -0.2) is 23.8 Å². The van der Waals surface area contributed by atoms with Crippen LogP contribution >= 0.6 is 11.6 Å². The van der Waals surface area contributed by atoms with Gasteiger partial charge in [0.15, 0.2) is 5.78 Å². The smallest absolute Gasteiger partial charge is 0.302 e. The van der Waals surface area contributed by atoms with Crippen molar-refractivity contribution in [3.05, 3.63) is 46.0 Å². The summed E-state index contributed by atoms with van der Waals surface area (Å²) in [6.45, 7) is 18.5. The van der Waals surface area contributed by atoms with Crippen LogP contribution in [0.3, 0.4) is 0 Å². The van der Waals surface area contributed by atoms with Gasteiger partial charge in [-0.3, -0.25) is 14.4 Å². The summed E-state index contributed by atoms with van der Waals surface area (Å²) < 4.78 is 5.92. The van der Waals surface area contributed by atoms with Crippen molar-refractivity contribution in [3.8, 4) is 0 Å². The second-order valence-electron chi connectivity index (χ2n) is 17.0. The molecule has 6 heteroatoms. The van der Waals surface area contributed by atoms with Crippen molar-refractivity contribution in [2.24, 2.45) is 50.7 Å². The number of benzene rings is 1. The van der Waals surface area contributed by atoms with Crippen LogP contribution in [0.5, 0.6) is 0 Å². The lowest BCUT2D eigenvalue weighted by molar-refractivity contribution is -0.232. The van der Waals surface area contributed by atoms with Gasteiger partial charge < -0.3 is 10.1 Å². The topological polar surface area (TPSA) is 72.5 Å². The van der Waals surface area contributed by atoms with Crippen LogP contribution in [0.1, 0.15) is 119 Å². The van der Waals surface area contributed by atoms with Gasteiger partial charge in [0.25, 0.3) is 0 Å². The molecule has 45 heavy (non-hydrogen) atoms. The van der Waals surface area contributed by atoms with E-state index in [2.05, 4.69) is 53.8 Å². The Labute approximate surface area is 275 Å². The first-order valence-electron chi connectivity index (χ1n) is 17.5. The quantitative estimate of drug-likeness (QED) is 0.328. The Hall–Kier alpha value is -2.14. The maximum absolute atomic E-state index is 14.4. The fourth-order valence-corrected chi connectivity index (χ4v) is 12.5. The molecule has 8 atom stereocenters. The maximum atomic E-state index is 14.4. The van der Waals surface area contributed by atoms with Gasteiger partial charge in [-0.05, 0) is 114 Å². The number of fused-ring (bicyclic) bond motifs is 7. The SMILES string of the molecule is CC(=O)O[C@H]1CC[C@@]2(C)C(CC[C@]3(C)C2CCC2C4=C(C(C)C)C(=O)C[C@]4(C(=O)NCc4ccccc4Cl)CC[C@]23C)C1(C)C. The van der Waals surface area contributed by atoms with Crippen LogP contribution in [0.4, 0.5) is 0 Å². The number of Topliss-reactive ketones (excluding diaryl/α,β-unsaturated/α-hetero) is 1. The first kappa shape index (κ1) is 32.8. The van der Waals surface area contributed by atoms with Crippen molar-refractivity contribution in [2.75, 3.05) is 0 Å². The van der Waals surface area contributed by atoms with Gasteiger partial charge in [0.2, 0.25) is 5.91 Å². The average molecular weight is 636 g/mol. The first-order valence-corrected chi connectivity index (χ1v) is 17.9. The fraction of sp³-hybridized carbons (Fsp3) is 0.718. The summed E-state index contributed by atoms with van der Waals surface area (Å²) in [6.07, 6.45) is 8.30. The van der Waals surface area contributed by atoms with Crippen molar-refractivity contribution in [2.45, 2.75) is 126 Å². The summed E-state index contributed by atoms with van der Waals surface area (Å²) in [5.41, 5.74) is 2.40. The molecule has 0 bridgehead atoms. The normalized spacial score (nSPS) is 40.3. The Balaban J connectivity index is 1.36. The Morgan fingerprint density at radius 2 is 1.64 bits per heavy atom. The second-order valence-corrected chi connectivity index (χ2v) is 17.4. The largest absolute Gasteiger partial charge is 0.462 e. The standard InChI is InChI=1S/C39H54ClNO4/c1-23(2)32-28(43)21-39(34(44)41-22-25-11-9-10-12-27(25)40)20-19-37(7)26(33(32)39)13-14-30-36(6)17-16-31(45-24(3)42)35(4,5)29(36)15-18-38(30,37)8/h9-12,23,26,29-31H,13-22H2,1-8H3,(H,41,44)/t26?,29?,30?,31-,36-,37+,38+,39+/m0/s1. The van der Waals surface area contributed by atoms with E-state index in [-0.39, 0.29) is 57.3 Å². The Kier molecular flexibility index (Phi) is 7.98. The number of esters is 1. The number of nitrogens with one attached hydrogen (secondary N) is 1. The summed E-state index contributed by atoms with van der Waals surface area (Å²) in [5, 5.41) is 3.90. The number of hydrogen-bond acceptors (Lipinski definition) is 4. The van der Waals surface area contributed by atoms with E-state index in [1.54, 1.807) is 0 Å². The molecule has 0 spiro atoms. The summed E-state index contributed by atoms with van der Waals surface area (Å²) in [4.78, 5) is 40.3. The molecule has 5 aliphatic carbocycles. The van der Waals surface area contributed by atoms with Gasteiger partial charge in [-0.2, -0.15) is 0 Å². The van der Waals surface area contributed by atoms with Crippen molar-refractivity contribution >= 4 is 29.3 Å². The zero-order chi connectivity index (χ0) is 32.7. The molecular weight excluding hydrogens is 582 g/mol. The number of carbonyl (C=O) groups is 3. The molecule has 1 amide bonds. The molecule has 0 radical (unpaired) electrons. The molecule has 3 unspecified atom stereocenters. The maximum Gasteiger partial charge on any atom is 0.302 e. The van der Waals surface area contributed by atoms with Gasteiger partial charge in [-0.1, -0.05) is 78.3 Å². The van der Waals surface area contributed by atoms with Gasteiger partial charge in [0.1, 0.15) is 6.10 Å². The molecule has 4 saturated carbocycles. The third kappa shape index (κ3) is 4.63. The molecule has 0 aliphatic heterocycles. The van der Waals surface area contributed by atoms with Crippen molar-refractivity contribution in [1.29, 1.82) is 0 Å². The van der Waals surface area contributed by atoms with Crippen molar-refractivity contribution in [3.63, 3.8) is 0 Å². The van der Waals surface area contributed by atoms with Crippen LogP contribution < -0.4 is 5.32 Å². The van der Waals surface area contributed by atoms with Crippen LogP contribution in [-0.2, 0) is 25.7 Å². The highest BCUT2D eigenvalue weighted by molar-refractivity contribution is 6.31. The summed E-state index contributed by atoms with van der Waals surface area (Å²) >= 11 is 6.45. The molecule has 1 aromatic rings. The predicted molar refractivity (Wildman–Crippen MR) is 178 cm³/mol. The lowest BCUT2D eigenvalue weighted by atomic mass is 9.33. The monoisotopic (exact) mass is 635 g/mol. The Morgan fingerprint density at radius 1 is 0.933 bits per heavy atom. The van der Waals surface area contributed by atoms with Gasteiger partial charge in [0, 0.05) is 30.3 Å². The Morgan fingerprint density at radius 3 is 2.31 bits per heavy atom. The lowest BCUT2D eigenvalue weighted by Gasteiger charge is -2.72. The Bertz CT molecular complexity index is 1450. The van der Waals surface area contributed by atoms with Gasteiger partial charge in [-0.15, -0.1) is 0 Å². The van der Waals surface area contributed by atoms with Crippen molar-refractivity contribution in [1.82, 2.24) is 5.32 Å². The van der Waals surface area contributed by atoms with Gasteiger partial charge in [0.05, 0.1) is 5.41 Å². The number of halogens is 1. The number of ketones is 1. The summed E-state index contributed by atoms with van der Waals surface area (Å²) in [5.74, 6) is 1.33. The number of ether oxygens (including phenoxy) is 1. The average Bonchev–Trinajstić information content (AvgIpc) is 3.27. The minimum Gasteiger partial charge on any atom is -0.462 e. The highest BCUT2D eigenvalue weighted by Gasteiger charge is 2.71. The van der Waals surface area contributed by atoms with E-state index in [9.17, 15) is 14.4 Å². The molecule has 0 saturated heterocycles. The number of amides is 1. The van der Waals surface area contributed by atoms with E-state index >= 15 is 0 Å². The molecular formula is C39H54ClNO4. The fourth-order valence-electron chi connectivity index (χ4n) is 12.3. The molecule has 6 rings (SSSR count). The van der Waals surface area contributed by atoms with Crippen molar-refractivity contribution < 1.29 is 19.1 Å². The minimum atomic E-state index is -0.767. The molecule has 1 aromatic carbocycles. The van der Waals surface area contributed by atoms with Crippen LogP contribution in [0.2, 0.25) is 5.02 Å². The first-order chi connectivity index (χ1) is 21.0. The zero-order valence-electron chi connectivity index (χ0n) is 28.8. The van der Waals surface area contributed by atoms with Crippen LogP contribution in [0.25, 0.3) is 0 Å². The molecule has 0 heterocycles. The molecule has 5 nitrogen and oxygen atoms in total. The van der Waals surface area contributed by atoms with E-state index in [0.717, 1.165) is 56.1 Å². The van der Waals surface area contributed by atoms with E-state index in [1.807, 2.05) is 24.3 Å². The second kappa shape index (κ2) is 11.0. The van der Waals surface area contributed by atoms with E-state index in [1.165, 1.54) is 12.5 Å². The molecule has 4 fully saturated rings. The molecule has 246 valence electrons. The highest BCUT2D eigenvalue weighted by Crippen LogP contribution is 2.76. The third-order valence-corrected chi connectivity index (χ3v) is 14.9. The number of rotatable bonds is 5. The van der Waals surface area contributed by atoms with E-state index in [0.29, 0.717) is 36.2 Å². The zero-order valence-corrected chi connectivity index (χ0v) is 29.5. The van der Waals surface area contributed by atoms with Crippen LogP contribution in [0, 0.1) is 50.7 Å². The number of carbonyl (C=O) groups excluding carboxylic acids is 3. The highest BCUT2D eigenvalue weighted by atomic mass is 35.5. The van der Waals surface area contributed by atoms with E-state index in [4.69, 9.17) is 16.3 Å². The van der Waals surface area contributed by atoms with Gasteiger partial charge >= 0.3 is 5.97 Å². The number of hydrogen-bond donors (Lipinski definition) is 1. The minimum absolute atomic E-state index is 0.00282. The summed E-state index contributed by atoms with van der Waals surface area (Å²) in [7, 11) is 0. The molecule has 1 N–H and O–H groups in total. The predicted octanol–water partition coefficient (Wildman–Crippen LogP) is 8.87. The van der Waals surface area contributed by atoms with E-state index < -0.39 is 5.41 Å². The third-order valence-electron chi connectivity index (χ3n) is 14.5. The van der Waals surface area contributed by atoms with Gasteiger partial charge in [-0.25, -0.2) is 0 Å². The van der Waals surface area contributed by atoms with Crippen LogP contribution in [0.15, 0.2) is 35.4 Å². The number of allylic oxidation sites excluding steroid dienone is 1. The molecule has 5 aliphatic rings. The lowest BCUT2D eigenvalue weighted by Crippen LogP contribution is -2.66. The molecule has 0 aromatic heterocycles. The summed E-state index contributed by atoms with van der Waals surface area (Å²) in [6, 6.07) is 7.65.